The van der Waals surface area contributed by atoms with Gasteiger partial charge in [-0.25, -0.2) is 0 Å². The first-order chi connectivity index (χ1) is 13.5. The van der Waals surface area contributed by atoms with Gasteiger partial charge in [-0.15, -0.1) is 5.10 Å². The van der Waals surface area contributed by atoms with Crippen LogP contribution in [0.15, 0.2) is 17.8 Å². The first-order valence-electron chi connectivity index (χ1n) is 10.5. The summed E-state index contributed by atoms with van der Waals surface area (Å²) in [7, 11) is 0. The maximum absolute atomic E-state index is 12.7. The van der Waals surface area contributed by atoms with Crippen LogP contribution in [0, 0.1) is 11.8 Å². The van der Waals surface area contributed by atoms with E-state index < -0.39 is 0 Å². The van der Waals surface area contributed by atoms with Crippen LogP contribution in [-0.4, -0.2) is 50.5 Å². The smallest absolute Gasteiger partial charge is 0.311 e. The highest BCUT2D eigenvalue weighted by Gasteiger charge is 2.62. The van der Waals surface area contributed by atoms with Gasteiger partial charge in [0.1, 0.15) is 12.2 Å². The highest BCUT2D eigenvalue weighted by molar-refractivity contribution is 5.75. The van der Waals surface area contributed by atoms with Crippen molar-refractivity contribution in [1.29, 1.82) is 0 Å². The Bertz CT molecular complexity index is 746. The molecule has 154 valence electrons. The molecule has 5 atom stereocenters. The normalized spacial score (nSPS) is 35.0. The summed E-state index contributed by atoms with van der Waals surface area (Å²) in [6.45, 7) is 5.00. The van der Waals surface area contributed by atoms with Crippen molar-refractivity contribution >= 4 is 5.97 Å². The van der Waals surface area contributed by atoms with Gasteiger partial charge in [0.25, 0.3) is 0 Å². The standard InChI is InChI=1S/C21H31N3O4/c1-14-6-5-10-21(2)19(28-21)18-16(9-8-14)17(20(26)27-18)13-24-12-15(22-23-24)7-3-4-11-25/h6,12,16-19,25H,3-5,7-11,13H2,1-2H3/t16-,17-,18-,19+,21+/m0/s1. The van der Waals surface area contributed by atoms with Gasteiger partial charge in [0.05, 0.1) is 23.8 Å². The number of aryl methyl sites for hydroxylation is 1. The van der Waals surface area contributed by atoms with Gasteiger partial charge in [-0.3, -0.25) is 9.48 Å². The highest BCUT2D eigenvalue weighted by Crippen LogP contribution is 2.50. The van der Waals surface area contributed by atoms with Crippen molar-refractivity contribution in [3.8, 4) is 0 Å². The molecule has 0 radical (unpaired) electrons. The number of carbonyl (C=O) groups excluding carboxylic acids is 1. The molecular formula is C21H31N3O4. The van der Waals surface area contributed by atoms with Gasteiger partial charge in [-0.05, 0) is 58.8 Å². The lowest BCUT2D eigenvalue weighted by molar-refractivity contribution is -0.145. The van der Waals surface area contributed by atoms with Crippen LogP contribution in [0.1, 0.15) is 58.1 Å². The second kappa shape index (κ2) is 7.95. The number of hydrogen-bond donors (Lipinski definition) is 1. The molecule has 2 aliphatic heterocycles. The lowest BCUT2D eigenvalue weighted by Gasteiger charge is -2.22. The second-order valence-electron chi connectivity index (χ2n) is 8.76. The Morgan fingerprint density at radius 3 is 3.07 bits per heavy atom. The maximum Gasteiger partial charge on any atom is 0.311 e. The fraction of sp³-hybridized carbons (Fsp3) is 0.762. The molecule has 0 amide bonds. The molecule has 4 rings (SSSR count). The molecule has 0 saturated carbocycles. The molecule has 2 fully saturated rings. The lowest BCUT2D eigenvalue weighted by atomic mass is 9.80. The zero-order valence-corrected chi connectivity index (χ0v) is 16.8. The van der Waals surface area contributed by atoms with Crippen molar-refractivity contribution in [2.24, 2.45) is 11.8 Å². The number of aromatic nitrogens is 3. The maximum atomic E-state index is 12.7. The zero-order valence-electron chi connectivity index (χ0n) is 16.8. The minimum Gasteiger partial charge on any atom is -0.459 e. The van der Waals surface area contributed by atoms with E-state index in [1.807, 2.05) is 6.20 Å². The second-order valence-corrected chi connectivity index (χ2v) is 8.76. The van der Waals surface area contributed by atoms with Gasteiger partial charge in [-0.2, -0.15) is 0 Å². The summed E-state index contributed by atoms with van der Waals surface area (Å²) in [4.78, 5) is 12.7. The molecular weight excluding hydrogens is 358 g/mol. The summed E-state index contributed by atoms with van der Waals surface area (Å²) in [6, 6.07) is 0. The van der Waals surface area contributed by atoms with Crippen LogP contribution in [0.25, 0.3) is 0 Å². The lowest BCUT2D eigenvalue weighted by Crippen LogP contribution is -2.31. The van der Waals surface area contributed by atoms with E-state index in [0.29, 0.717) is 6.54 Å². The zero-order chi connectivity index (χ0) is 19.7. The number of nitrogens with zero attached hydrogens (tertiary/aromatic N) is 3. The van der Waals surface area contributed by atoms with Crippen molar-refractivity contribution in [3.05, 3.63) is 23.5 Å². The quantitative estimate of drug-likeness (QED) is 0.348. The van der Waals surface area contributed by atoms with Crippen molar-refractivity contribution < 1.29 is 19.4 Å². The molecule has 7 heteroatoms. The first-order valence-corrected chi connectivity index (χ1v) is 10.5. The van der Waals surface area contributed by atoms with E-state index in [-0.39, 0.29) is 42.2 Å². The van der Waals surface area contributed by atoms with Gasteiger partial charge in [0.15, 0.2) is 0 Å². The number of allylic oxidation sites excluding steroid dienone is 2. The van der Waals surface area contributed by atoms with Crippen molar-refractivity contribution in [1.82, 2.24) is 15.0 Å². The Morgan fingerprint density at radius 1 is 1.39 bits per heavy atom. The summed E-state index contributed by atoms with van der Waals surface area (Å²) < 4.78 is 13.7. The number of aliphatic hydroxyl groups is 1. The molecule has 0 spiro atoms. The molecule has 1 aliphatic carbocycles. The van der Waals surface area contributed by atoms with Gasteiger partial charge in [0.2, 0.25) is 0 Å². The number of esters is 1. The average molecular weight is 389 g/mol. The molecule has 3 heterocycles. The first kappa shape index (κ1) is 19.6. The van der Waals surface area contributed by atoms with Crippen molar-refractivity contribution in [3.63, 3.8) is 0 Å². The number of epoxide rings is 1. The number of rotatable bonds is 6. The van der Waals surface area contributed by atoms with Crippen LogP contribution in [-0.2, 0) is 27.2 Å². The van der Waals surface area contributed by atoms with Gasteiger partial charge in [0, 0.05) is 18.7 Å². The predicted molar refractivity (Wildman–Crippen MR) is 102 cm³/mol. The summed E-state index contributed by atoms with van der Waals surface area (Å²) >= 11 is 0. The molecule has 7 nitrogen and oxygen atoms in total. The van der Waals surface area contributed by atoms with Crippen molar-refractivity contribution in [2.45, 2.75) is 83.1 Å². The largest absolute Gasteiger partial charge is 0.459 e. The predicted octanol–water partition coefficient (Wildman–Crippen LogP) is 2.43. The Hall–Kier alpha value is -1.73. The molecule has 2 saturated heterocycles. The molecule has 1 N–H and O–H groups in total. The third kappa shape index (κ3) is 4.01. The minimum absolute atomic E-state index is 0.0167. The van der Waals surface area contributed by atoms with Gasteiger partial charge in [-0.1, -0.05) is 16.9 Å². The third-order valence-electron chi connectivity index (χ3n) is 6.55. The molecule has 0 aromatic carbocycles. The van der Waals surface area contributed by atoms with E-state index >= 15 is 0 Å². The summed E-state index contributed by atoms with van der Waals surface area (Å²) in [5.74, 6) is -0.202. The van der Waals surface area contributed by atoms with E-state index in [4.69, 9.17) is 14.6 Å². The van der Waals surface area contributed by atoms with Gasteiger partial charge >= 0.3 is 5.97 Å². The molecule has 28 heavy (non-hydrogen) atoms. The number of ether oxygens (including phenoxy) is 2. The molecule has 0 bridgehead atoms. The van der Waals surface area contributed by atoms with E-state index in [9.17, 15) is 4.79 Å². The van der Waals surface area contributed by atoms with Crippen LogP contribution in [0.5, 0.6) is 0 Å². The topological polar surface area (TPSA) is 89.8 Å². The van der Waals surface area contributed by atoms with Crippen LogP contribution >= 0.6 is 0 Å². The van der Waals surface area contributed by atoms with E-state index in [2.05, 4.69) is 30.2 Å². The molecule has 3 aliphatic rings. The number of hydrogen-bond acceptors (Lipinski definition) is 6. The van der Waals surface area contributed by atoms with E-state index in [1.54, 1.807) is 4.68 Å². The van der Waals surface area contributed by atoms with E-state index in [1.165, 1.54) is 5.57 Å². The number of carbonyl (C=O) groups is 1. The number of unbranched alkanes of at least 4 members (excludes halogenated alkanes) is 1. The van der Waals surface area contributed by atoms with Crippen LogP contribution in [0.4, 0.5) is 0 Å². The molecule has 1 aromatic rings. The SMILES string of the molecule is CC1=CCC[C@@]2(C)O[C@@H]2[C@H]2OC(=O)[C@@H](Cn3cc(CCCCO)nn3)[C@@H]2CC1. The van der Waals surface area contributed by atoms with Crippen molar-refractivity contribution in [2.75, 3.05) is 6.61 Å². The molecule has 1 aromatic heterocycles. The Labute approximate surface area is 166 Å². The molecule has 0 unspecified atom stereocenters. The third-order valence-corrected chi connectivity index (χ3v) is 6.55. The Morgan fingerprint density at radius 2 is 2.25 bits per heavy atom. The average Bonchev–Trinajstić information content (AvgIpc) is 2.98. The highest BCUT2D eigenvalue weighted by atomic mass is 16.6. The fourth-order valence-electron chi connectivity index (χ4n) is 4.71. The number of fused-ring (bicyclic) bond motifs is 3. The minimum atomic E-state index is -0.210. The van der Waals surface area contributed by atoms with Crippen LogP contribution in [0.3, 0.4) is 0 Å². The van der Waals surface area contributed by atoms with Crippen LogP contribution in [0.2, 0.25) is 0 Å². The Balaban J connectivity index is 1.47. The fourth-order valence-corrected chi connectivity index (χ4v) is 4.71. The Kier molecular flexibility index (Phi) is 5.56. The van der Waals surface area contributed by atoms with Crippen LogP contribution < -0.4 is 0 Å². The van der Waals surface area contributed by atoms with E-state index in [0.717, 1.165) is 50.6 Å². The summed E-state index contributed by atoms with van der Waals surface area (Å²) in [5.41, 5.74) is 2.12. The van der Waals surface area contributed by atoms with Gasteiger partial charge < -0.3 is 14.6 Å². The summed E-state index contributed by atoms with van der Waals surface area (Å²) in [5, 5.41) is 17.3. The summed E-state index contributed by atoms with van der Waals surface area (Å²) in [6.07, 6.45) is 10.4. The monoisotopic (exact) mass is 389 g/mol. The number of aliphatic hydroxyl groups excluding tert-OH is 1.